The Balaban J connectivity index is 1.57. The number of furan rings is 1. The molecule has 25 heavy (non-hydrogen) atoms. The largest absolute Gasteiger partial charge is 0.485 e. The van der Waals surface area contributed by atoms with Gasteiger partial charge in [0.2, 0.25) is 0 Å². The van der Waals surface area contributed by atoms with Crippen molar-refractivity contribution in [2.24, 2.45) is 5.92 Å². The zero-order chi connectivity index (χ0) is 17.8. The molecule has 0 aliphatic carbocycles. The van der Waals surface area contributed by atoms with Crippen LogP contribution < -0.4 is 15.4 Å². The standard InChI is InChI=1S/C20H26N2O3/c1-13-4-6-18(14(2)10-13)24-12-16-5-7-19(25-16)20(23)22-17-8-9-21-11-15(17)3/h4-7,10,15,17,21H,8-9,11-12H2,1-3H3,(H,22,23). The highest BCUT2D eigenvalue weighted by molar-refractivity contribution is 5.91. The highest BCUT2D eigenvalue weighted by Gasteiger charge is 2.24. The fraction of sp³-hybridized carbons (Fsp3) is 0.450. The second kappa shape index (κ2) is 7.74. The quantitative estimate of drug-likeness (QED) is 0.876. The van der Waals surface area contributed by atoms with Gasteiger partial charge in [0.05, 0.1) is 0 Å². The molecule has 2 N–H and O–H groups in total. The zero-order valence-corrected chi connectivity index (χ0v) is 15.1. The molecule has 5 nitrogen and oxygen atoms in total. The summed E-state index contributed by atoms with van der Waals surface area (Å²) in [5, 5.41) is 6.40. The number of carbonyl (C=O) groups is 1. The van der Waals surface area contributed by atoms with Gasteiger partial charge >= 0.3 is 0 Å². The van der Waals surface area contributed by atoms with Crippen LogP contribution in [0.2, 0.25) is 0 Å². The summed E-state index contributed by atoms with van der Waals surface area (Å²) in [6, 6.07) is 9.75. The Morgan fingerprint density at radius 2 is 2.16 bits per heavy atom. The van der Waals surface area contributed by atoms with Crippen LogP contribution in [0.1, 0.15) is 40.8 Å². The van der Waals surface area contributed by atoms with Crippen LogP contribution in [0.5, 0.6) is 5.75 Å². The maximum atomic E-state index is 12.4. The fourth-order valence-corrected chi connectivity index (χ4v) is 3.16. The molecular weight excluding hydrogens is 316 g/mol. The van der Waals surface area contributed by atoms with Crippen molar-refractivity contribution in [2.75, 3.05) is 13.1 Å². The van der Waals surface area contributed by atoms with Crippen molar-refractivity contribution in [1.82, 2.24) is 10.6 Å². The van der Waals surface area contributed by atoms with Gasteiger partial charge in [-0.1, -0.05) is 24.6 Å². The molecule has 0 spiro atoms. The number of amides is 1. The summed E-state index contributed by atoms with van der Waals surface area (Å²) in [5.41, 5.74) is 2.29. The Hall–Kier alpha value is -2.27. The number of ether oxygens (including phenoxy) is 1. The molecule has 1 saturated heterocycles. The summed E-state index contributed by atoms with van der Waals surface area (Å²) in [6.07, 6.45) is 0.941. The molecule has 2 heterocycles. The summed E-state index contributed by atoms with van der Waals surface area (Å²) in [7, 11) is 0. The normalized spacial score (nSPS) is 20.3. The van der Waals surface area contributed by atoms with Gasteiger partial charge in [-0.05, 0) is 63.0 Å². The monoisotopic (exact) mass is 342 g/mol. The first kappa shape index (κ1) is 17.5. The van der Waals surface area contributed by atoms with Crippen molar-refractivity contribution < 1.29 is 13.9 Å². The maximum absolute atomic E-state index is 12.4. The number of nitrogens with one attached hydrogen (secondary N) is 2. The number of benzene rings is 1. The summed E-state index contributed by atoms with van der Waals surface area (Å²) in [5.74, 6) is 2.07. The van der Waals surface area contributed by atoms with Gasteiger partial charge < -0.3 is 19.8 Å². The molecule has 5 heteroatoms. The number of carbonyl (C=O) groups excluding carboxylic acids is 1. The van der Waals surface area contributed by atoms with E-state index in [0.29, 0.717) is 24.0 Å². The number of hydrogen-bond acceptors (Lipinski definition) is 4. The van der Waals surface area contributed by atoms with E-state index in [1.807, 2.05) is 19.1 Å². The molecule has 0 saturated carbocycles. The molecule has 1 aliphatic rings. The Morgan fingerprint density at radius 3 is 2.92 bits per heavy atom. The van der Waals surface area contributed by atoms with Crippen LogP contribution in [-0.4, -0.2) is 25.0 Å². The van der Waals surface area contributed by atoms with Gasteiger partial charge in [0, 0.05) is 6.04 Å². The van der Waals surface area contributed by atoms with Gasteiger partial charge in [-0.2, -0.15) is 0 Å². The third-order valence-electron chi connectivity index (χ3n) is 4.69. The summed E-state index contributed by atoms with van der Waals surface area (Å²) in [4.78, 5) is 12.4. The number of rotatable bonds is 5. The van der Waals surface area contributed by atoms with Gasteiger partial charge in [-0.15, -0.1) is 0 Å². The first-order valence-electron chi connectivity index (χ1n) is 8.83. The van der Waals surface area contributed by atoms with E-state index >= 15 is 0 Å². The predicted octanol–water partition coefficient (Wildman–Crippen LogP) is 3.20. The number of hydrogen-bond donors (Lipinski definition) is 2. The van der Waals surface area contributed by atoms with Crippen LogP contribution in [0, 0.1) is 19.8 Å². The minimum Gasteiger partial charge on any atom is -0.485 e. The average molecular weight is 342 g/mol. The minimum absolute atomic E-state index is 0.156. The average Bonchev–Trinajstić information content (AvgIpc) is 3.05. The third kappa shape index (κ3) is 4.42. The van der Waals surface area contributed by atoms with E-state index in [1.165, 1.54) is 5.56 Å². The van der Waals surface area contributed by atoms with Crippen LogP contribution in [0.4, 0.5) is 0 Å². The highest BCUT2D eigenvalue weighted by atomic mass is 16.5. The first-order valence-corrected chi connectivity index (χ1v) is 8.83. The van der Waals surface area contributed by atoms with Crippen LogP contribution in [-0.2, 0) is 6.61 Å². The highest BCUT2D eigenvalue weighted by Crippen LogP contribution is 2.21. The topological polar surface area (TPSA) is 63.5 Å². The van der Waals surface area contributed by atoms with Crippen molar-refractivity contribution in [2.45, 2.75) is 39.8 Å². The van der Waals surface area contributed by atoms with Crippen molar-refractivity contribution in [3.63, 3.8) is 0 Å². The van der Waals surface area contributed by atoms with E-state index in [9.17, 15) is 4.79 Å². The Kier molecular flexibility index (Phi) is 5.43. The molecular formula is C20H26N2O3. The third-order valence-corrected chi connectivity index (χ3v) is 4.69. The smallest absolute Gasteiger partial charge is 0.287 e. The van der Waals surface area contributed by atoms with Crippen LogP contribution in [0.15, 0.2) is 34.7 Å². The molecule has 2 unspecified atom stereocenters. The lowest BCUT2D eigenvalue weighted by atomic mass is 9.95. The Morgan fingerprint density at radius 1 is 1.32 bits per heavy atom. The van der Waals surface area contributed by atoms with E-state index in [1.54, 1.807) is 12.1 Å². The van der Waals surface area contributed by atoms with E-state index in [0.717, 1.165) is 30.8 Å². The fourth-order valence-electron chi connectivity index (χ4n) is 3.16. The Labute approximate surface area is 148 Å². The molecule has 0 bridgehead atoms. The van der Waals surface area contributed by atoms with Crippen LogP contribution in [0.25, 0.3) is 0 Å². The lowest BCUT2D eigenvalue weighted by molar-refractivity contribution is 0.0882. The maximum Gasteiger partial charge on any atom is 0.287 e. The second-order valence-corrected chi connectivity index (χ2v) is 6.87. The molecule has 3 rings (SSSR count). The van der Waals surface area contributed by atoms with Crippen molar-refractivity contribution in [3.05, 3.63) is 53.0 Å². The molecule has 1 aromatic carbocycles. The number of aryl methyl sites for hydroxylation is 2. The Bertz CT molecular complexity index is 738. The van der Waals surface area contributed by atoms with E-state index < -0.39 is 0 Å². The SMILES string of the molecule is Cc1ccc(OCc2ccc(C(=O)NC3CCNCC3C)o2)c(C)c1. The molecule has 1 aliphatic heterocycles. The van der Waals surface area contributed by atoms with Crippen molar-refractivity contribution in [1.29, 1.82) is 0 Å². The minimum atomic E-state index is -0.156. The lowest BCUT2D eigenvalue weighted by Gasteiger charge is -2.29. The van der Waals surface area contributed by atoms with E-state index in [4.69, 9.17) is 9.15 Å². The van der Waals surface area contributed by atoms with Crippen molar-refractivity contribution >= 4 is 5.91 Å². The molecule has 1 fully saturated rings. The molecule has 134 valence electrons. The molecule has 2 aromatic rings. The van der Waals surface area contributed by atoms with Crippen molar-refractivity contribution in [3.8, 4) is 5.75 Å². The van der Waals surface area contributed by atoms with Gasteiger partial charge in [-0.25, -0.2) is 0 Å². The van der Waals surface area contributed by atoms with E-state index in [-0.39, 0.29) is 11.9 Å². The molecule has 1 aromatic heterocycles. The lowest BCUT2D eigenvalue weighted by Crippen LogP contribution is -2.48. The first-order chi connectivity index (χ1) is 12.0. The van der Waals surface area contributed by atoms with Gasteiger partial charge in [0.25, 0.3) is 5.91 Å². The van der Waals surface area contributed by atoms with E-state index in [2.05, 4.69) is 30.5 Å². The van der Waals surface area contributed by atoms with Gasteiger partial charge in [-0.3, -0.25) is 4.79 Å². The second-order valence-electron chi connectivity index (χ2n) is 6.87. The molecule has 1 amide bonds. The summed E-state index contributed by atoms with van der Waals surface area (Å²) < 4.78 is 11.5. The zero-order valence-electron chi connectivity index (χ0n) is 15.1. The van der Waals surface area contributed by atoms with Crippen LogP contribution in [0.3, 0.4) is 0 Å². The summed E-state index contributed by atoms with van der Waals surface area (Å²) >= 11 is 0. The van der Waals surface area contributed by atoms with Gasteiger partial charge in [0.15, 0.2) is 5.76 Å². The molecule has 0 radical (unpaired) electrons. The predicted molar refractivity (Wildman–Crippen MR) is 96.9 cm³/mol. The summed E-state index contributed by atoms with van der Waals surface area (Å²) in [6.45, 7) is 8.38. The molecule has 2 atom stereocenters. The van der Waals surface area contributed by atoms with Gasteiger partial charge in [0.1, 0.15) is 18.1 Å². The van der Waals surface area contributed by atoms with Crippen LogP contribution >= 0.6 is 0 Å². The number of piperidine rings is 1.